The number of imidazole rings is 1. The van der Waals surface area contributed by atoms with E-state index >= 15 is 0 Å². The summed E-state index contributed by atoms with van der Waals surface area (Å²) in [6.45, 7) is 5.04. The van der Waals surface area contributed by atoms with E-state index in [9.17, 15) is 0 Å². The van der Waals surface area contributed by atoms with Crippen LogP contribution < -0.4 is 10.1 Å². The zero-order valence-electron chi connectivity index (χ0n) is 12.3. The van der Waals surface area contributed by atoms with Gasteiger partial charge in [0.15, 0.2) is 0 Å². The van der Waals surface area contributed by atoms with E-state index in [0.29, 0.717) is 6.04 Å². The van der Waals surface area contributed by atoms with Gasteiger partial charge in [-0.25, -0.2) is 4.98 Å². The average molecular weight is 271 g/mol. The van der Waals surface area contributed by atoms with Crippen molar-refractivity contribution >= 4 is 0 Å². The van der Waals surface area contributed by atoms with E-state index < -0.39 is 0 Å². The van der Waals surface area contributed by atoms with Crippen LogP contribution in [-0.2, 0) is 13.6 Å². The van der Waals surface area contributed by atoms with E-state index in [4.69, 9.17) is 4.74 Å². The first-order valence-electron chi connectivity index (χ1n) is 7.03. The minimum absolute atomic E-state index is 0.145. The Morgan fingerprint density at radius 2 is 2.20 bits per heavy atom. The van der Waals surface area contributed by atoms with Crippen LogP contribution in [0.2, 0.25) is 0 Å². The molecule has 1 unspecified atom stereocenters. The van der Waals surface area contributed by atoms with Crippen molar-refractivity contribution in [1.29, 1.82) is 0 Å². The van der Waals surface area contributed by atoms with Gasteiger partial charge in [-0.05, 0) is 19.9 Å². The van der Waals surface area contributed by atoms with Crippen LogP contribution in [0.3, 0.4) is 0 Å². The highest BCUT2D eigenvalue weighted by atomic mass is 16.5. The van der Waals surface area contributed by atoms with Crippen LogP contribution in [0.25, 0.3) is 0 Å². The number of fused-ring (bicyclic) bond motifs is 1. The standard InChI is InChI=1S/C16H21N3O/c1-16(2)10-13(12-6-4-5-7-14(12)20-16)18-11-15-17-8-9-19(15)3/h4-9,13,18H,10-11H2,1-3H3. The molecule has 2 aromatic rings. The topological polar surface area (TPSA) is 39.1 Å². The SMILES string of the molecule is Cn1ccnc1CNC1CC(C)(C)Oc2ccccc21. The molecule has 4 heteroatoms. The molecule has 1 N–H and O–H groups in total. The van der Waals surface area contributed by atoms with Crippen LogP contribution in [-0.4, -0.2) is 15.2 Å². The molecule has 3 rings (SSSR count). The van der Waals surface area contributed by atoms with E-state index in [-0.39, 0.29) is 5.60 Å². The minimum atomic E-state index is -0.145. The number of benzene rings is 1. The molecule has 0 saturated heterocycles. The number of hydrogen-bond acceptors (Lipinski definition) is 3. The molecule has 0 aliphatic carbocycles. The number of nitrogens with one attached hydrogen (secondary N) is 1. The summed E-state index contributed by atoms with van der Waals surface area (Å²) in [7, 11) is 2.02. The van der Waals surface area contributed by atoms with Crippen LogP contribution in [0.5, 0.6) is 5.75 Å². The molecule has 1 aliphatic rings. The Kier molecular flexibility index (Phi) is 3.26. The fourth-order valence-electron chi connectivity index (χ4n) is 2.77. The summed E-state index contributed by atoms with van der Waals surface area (Å²) in [6, 6.07) is 8.57. The molecule has 20 heavy (non-hydrogen) atoms. The number of nitrogens with zero attached hydrogens (tertiary/aromatic N) is 2. The highest BCUT2D eigenvalue weighted by molar-refractivity contribution is 5.38. The van der Waals surface area contributed by atoms with Gasteiger partial charge in [0.05, 0.1) is 6.54 Å². The molecule has 0 fully saturated rings. The van der Waals surface area contributed by atoms with Crippen LogP contribution >= 0.6 is 0 Å². The lowest BCUT2D eigenvalue weighted by molar-refractivity contribution is 0.0655. The molecule has 1 atom stereocenters. The number of rotatable bonds is 3. The van der Waals surface area contributed by atoms with Gasteiger partial charge in [-0.1, -0.05) is 18.2 Å². The van der Waals surface area contributed by atoms with Crippen molar-refractivity contribution in [2.75, 3.05) is 0 Å². The lowest BCUT2D eigenvalue weighted by Gasteiger charge is -2.38. The molecule has 1 aromatic heterocycles. The Morgan fingerprint density at radius 3 is 2.95 bits per heavy atom. The fraction of sp³-hybridized carbons (Fsp3) is 0.438. The Balaban J connectivity index is 1.80. The van der Waals surface area contributed by atoms with Gasteiger partial charge in [-0.3, -0.25) is 0 Å². The summed E-state index contributed by atoms with van der Waals surface area (Å²) < 4.78 is 8.09. The highest BCUT2D eigenvalue weighted by Gasteiger charge is 2.33. The van der Waals surface area contributed by atoms with Crippen molar-refractivity contribution in [1.82, 2.24) is 14.9 Å². The first kappa shape index (κ1) is 13.2. The van der Waals surface area contributed by atoms with Crippen LogP contribution in [0.4, 0.5) is 0 Å². The average Bonchev–Trinajstić information content (AvgIpc) is 2.80. The molecule has 0 amide bonds. The van der Waals surface area contributed by atoms with Gasteiger partial charge in [0.25, 0.3) is 0 Å². The molecule has 4 nitrogen and oxygen atoms in total. The third kappa shape index (κ3) is 2.56. The van der Waals surface area contributed by atoms with Crippen LogP contribution in [0.15, 0.2) is 36.7 Å². The summed E-state index contributed by atoms with van der Waals surface area (Å²) in [6.07, 6.45) is 4.76. The molecular formula is C16H21N3O. The number of hydrogen-bond donors (Lipinski definition) is 1. The Labute approximate surface area is 119 Å². The third-order valence-electron chi connectivity index (χ3n) is 3.80. The number of aryl methyl sites for hydroxylation is 1. The number of ether oxygens (including phenoxy) is 1. The summed E-state index contributed by atoms with van der Waals surface area (Å²) >= 11 is 0. The van der Waals surface area contributed by atoms with E-state index in [1.165, 1.54) is 5.56 Å². The molecule has 1 aromatic carbocycles. The highest BCUT2D eigenvalue weighted by Crippen LogP contribution is 2.39. The van der Waals surface area contributed by atoms with Gasteiger partial charge in [-0.15, -0.1) is 0 Å². The lowest BCUT2D eigenvalue weighted by atomic mass is 9.90. The largest absolute Gasteiger partial charge is 0.487 e. The van der Waals surface area contributed by atoms with E-state index in [1.807, 2.05) is 36.1 Å². The fourth-order valence-corrected chi connectivity index (χ4v) is 2.77. The van der Waals surface area contributed by atoms with Gasteiger partial charge < -0.3 is 14.6 Å². The van der Waals surface area contributed by atoms with Crippen molar-refractivity contribution in [3.63, 3.8) is 0 Å². The second-order valence-electron chi connectivity index (χ2n) is 5.99. The summed E-state index contributed by atoms with van der Waals surface area (Å²) in [4.78, 5) is 4.36. The maximum absolute atomic E-state index is 6.05. The van der Waals surface area contributed by atoms with E-state index in [1.54, 1.807) is 0 Å². The number of aromatic nitrogens is 2. The summed E-state index contributed by atoms with van der Waals surface area (Å²) in [5.74, 6) is 2.04. The monoisotopic (exact) mass is 271 g/mol. The Hall–Kier alpha value is -1.81. The second-order valence-corrected chi connectivity index (χ2v) is 5.99. The van der Waals surface area contributed by atoms with Gasteiger partial charge in [0.2, 0.25) is 0 Å². The van der Waals surface area contributed by atoms with Crippen molar-refractivity contribution < 1.29 is 4.74 Å². The van der Waals surface area contributed by atoms with Crippen molar-refractivity contribution in [3.05, 3.63) is 48.0 Å². The second kappa shape index (κ2) is 4.94. The van der Waals surface area contributed by atoms with Crippen molar-refractivity contribution in [3.8, 4) is 5.75 Å². The minimum Gasteiger partial charge on any atom is -0.487 e. The van der Waals surface area contributed by atoms with Crippen LogP contribution in [0, 0.1) is 0 Å². The molecule has 2 heterocycles. The van der Waals surface area contributed by atoms with Crippen LogP contribution in [0.1, 0.15) is 37.7 Å². The van der Waals surface area contributed by atoms with Gasteiger partial charge >= 0.3 is 0 Å². The molecular weight excluding hydrogens is 250 g/mol. The number of para-hydroxylation sites is 1. The first-order valence-corrected chi connectivity index (χ1v) is 7.03. The Bertz CT molecular complexity index is 603. The van der Waals surface area contributed by atoms with Gasteiger partial charge in [-0.2, -0.15) is 0 Å². The zero-order chi connectivity index (χ0) is 14.2. The predicted octanol–water partition coefficient (Wildman–Crippen LogP) is 2.81. The van der Waals surface area contributed by atoms with Crippen molar-refractivity contribution in [2.45, 2.75) is 38.5 Å². The predicted molar refractivity (Wildman–Crippen MR) is 78.6 cm³/mol. The lowest BCUT2D eigenvalue weighted by Crippen LogP contribution is -2.39. The zero-order valence-corrected chi connectivity index (χ0v) is 12.3. The third-order valence-corrected chi connectivity index (χ3v) is 3.80. The summed E-state index contributed by atoms with van der Waals surface area (Å²) in [5.41, 5.74) is 1.09. The molecule has 0 spiro atoms. The quantitative estimate of drug-likeness (QED) is 0.933. The Morgan fingerprint density at radius 1 is 1.40 bits per heavy atom. The smallest absolute Gasteiger partial charge is 0.124 e. The van der Waals surface area contributed by atoms with E-state index in [2.05, 4.69) is 36.3 Å². The molecule has 106 valence electrons. The van der Waals surface area contributed by atoms with Gasteiger partial charge in [0.1, 0.15) is 17.2 Å². The first-order chi connectivity index (χ1) is 9.55. The normalized spacial score (nSPS) is 20.2. The summed E-state index contributed by atoms with van der Waals surface area (Å²) in [5, 5.41) is 3.61. The maximum Gasteiger partial charge on any atom is 0.124 e. The van der Waals surface area contributed by atoms with E-state index in [0.717, 1.165) is 24.5 Å². The molecule has 1 aliphatic heterocycles. The van der Waals surface area contributed by atoms with Crippen molar-refractivity contribution in [2.24, 2.45) is 7.05 Å². The van der Waals surface area contributed by atoms with Gasteiger partial charge in [0, 0.05) is 37.5 Å². The molecule has 0 saturated carbocycles. The molecule has 0 bridgehead atoms. The maximum atomic E-state index is 6.05. The molecule has 0 radical (unpaired) electrons.